The van der Waals surface area contributed by atoms with E-state index in [1.807, 2.05) is 54.6 Å². The van der Waals surface area contributed by atoms with E-state index in [1.54, 1.807) is 6.08 Å². The quantitative estimate of drug-likeness (QED) is 0.732. The third-order valence-electron chi connectivity index (χ3n) is 3.25. The van der Waals surface area contributed by atoms with Crippen molar-refractivity contribution in [3.8, 4) is 5.75 Å². The van der Waals surface area contributed by atoms with E-state index in [2.05, 4.69) is 11.9 Å². The fraction of sp³-hybridized carbons (Fsp3) is 0.222. The van der Waals surface area contributed by atoms with Crippen LogP contribution in [0.15, 0.2) is 67.3 Å². The Balaban J connectivity index is 2.03. The van der Waals surface area contributed by atoms with E-state index in [0.29, 0.717) is 13.2 Å². The summed E-state index contributed by atoms with van der Waals surface area (Å²) in [4.78, 5) is 0. The molecular weight excluding hydrogens is 262 g/mol. The molecule has 0 amide bonds. The lowest BCUT2D eigenvalue weighted by atomic mass is 10.1. The van der Waals surface area contributed by atoms with Gasteiger partial charge in [-0.15, -0.1) is 0 Å². The number of benzene rings is 2. The van der Waals surface area contributed by atoms with Crippen LogP contribution in [0.1, 0.15) is 17.2 Å². The number of nitrogens with one attached hydrogen (secondary N) is 1. The predicted molar refractivity (Wildman–Crippen MR) is 85.2 cm³/mol. The zero-order valence-corrected chi connectivity index (χ0v) is 12.0. The van der Waals surface area contributed by atoms with Crippen LogP contribution in [-0.2, 0) is 6.54 Å². The van der Waals surface area contributed by atoms with Crippen molar-refractivity contribution in [2.45, 2.75) is 12.6 Å². The number of aliphatic hydroxyl groups excluding tert-OH is 1. The summed E-state index contributed by atoms with van der Waals surface area (Å²) in [6.07, 6.45) is 1.73. The zero-order valence-electron chi connectivity index (χ0n) is 12.0. The number of rotatable bonds is 8. The summed E-state index contributed by atoms with van der Waals surface area (Å²) >= 11 is 0. The standard InChI is InChI=1S/C18H21NO2/c1-2-12-21-18-11-7-6-10-16(18)13-19-17(14-20)15-8-4-3-5-9-15/h2-11,17,19-20H,1,12-14H2/t17-/m1/s1. The number of aliphatic hydroxyl groups is 1. The Hall–Kier alpha value is -2.10. The second-order valence-corrected chi connectivity index (χ2v) is 4.73. The van der Waals surface area contributed by atoms with Crippen LogP contribution in [0.5, 0.6) is 5.75 Å². The summed E-state index contributed by atoms with van der Waals surface area (Å²) in [6, 6.07) is 17.7. The molecule has 0 aliphatic carbocycles. The Labute approximate surface area is 125 Å². The summed E-state index contributed by atoms with van der Waals surface area (Å²) < 4.78 is 5.64. The van der Waals surface area contributed by atoms with E-state index in [1.165, 1.54) is 0 Å². The van der Waals surface area contributed by atoms with Crippen molar-refractivity contribution in [3.63, 3.8) is 0 Å². The van der Waals surface area contributed by atoms with Crippen LogP contribution in [0, 0.1) is 0 Å². The molecule has 110 valence electrons. The van der Waals surface area contributed by atoms with Crippen molar-refractivity contribution in [3.05, 3.63) is 78.4 Å². The van der Waals surface area contributed by atoms with Gasteiger partial charge in [0.2, 0.25) is 0 Å². The van der Waals surface area contributed by atoms with Gasteiger partial charge in [-0.1, -0.05) is 61.2 Å². The van der Waals surface area contributed by atoms with Gasteiger partial charge in [0.25, 0.3) is 0 Å². The molecule has 2 rings (SSSR count). The van der Waals surface area contributed by atoms with Crippen LogP contribution in [0.3, 0.4) is 0 Å². The van der Waals surface area contributed by atoms with Gasteiger partial charge in [-0.05, 0) is 11.6 Å². The van der Waals surface area contributed by atoms with E-state index in [9.17, 15) is 5.11 Å². The molecule has 0 aromatic heterocycles. The monoisotopic (exact) mass is 283 g/mol. The van der Waals surface area contributed by atoms with Crippen LogP contribution < -0.4 is 10.1 Å². The number of hydrogen-bond acceptors (Lipinski definition) is 3. The number of para-hydroxylation sites is 1. The maximum Gasteiger partial charge on any atom is 0.124 e. The first-order valence-electron chi connectivity index (χ1n) is 7.06. The predicted octanol–water partition coefficient (Wildman–Crippen LogP) is 3.07. The minimum atomic E-state index is -0.0846. The summed E-state index contributed by atoms with van der Waals surface area (Å²) in [5.41, 5.74) is 2.14. The lowest BCUT2D eigenvalue weighted by Crippen LogP contribution is -2.24. The fourth-order valence-electron chi connectivity index (χ4n) is 2.15. The lowest BCUT2D eigenvalue weighted by Gasteiger charge is -2.18. The molecule has 0 fully saturated rings. The first-order valence-corrected chi connectivity index (χ1v) is 7.06. The van der Waals surface area contributed by atoms with Crippen molar-refractivity contribution < 1.29 is 9.84 Å². The molecule has 2 N–H and O–H groups in total. The first kappa shape index (κ1) is 15.3. The van der Waals surface area contributed by atoms with Crippen LogP contribution in [0.2, 0.25) is 0 Å². The Morgan fingerprint density at radius 2 is 1.81 bits per heavy atom. The zero-order chi connectivity index (χ0) is 14.9. The summed E-state index contributed by atoms with van der Waals surface area (Å²) in [5, 5.41) is 12.9. The first-order chi connectivity index (χ1) is 10.3. The van der Waals surface area contributed by atoms with Crippen molar-refractivity contribution in [1.82, 2.24) is 5.32 Å². The number of ether oxygens (including phenoxy) is 1. The maximum atomic E-state index is 9.56. The second-order valence-electron chi connectivity index (χ2n) is 4.73. The molecule has 3 heteroatoms. The topological polar surface area (TPSA) is 41.5 Å². The molecule has 1 atom stereocenters. The highest BCUT2D eigenvalue weighted by molar-refractivity contribution is 5.33. The number of hydrogen-bond donors (Lipinski definition) is 2. The van der Waals surface area contributed by atoms with Crippen LogP contribution in [-0.4, -0.2) is 18.3 Å². The maximum absolute atomic E-state index is 9.56. The highest BCUT2D eigenvalue weighted by Crippen LogP contribution is 2.19. The molecule has 2 aromatic carbocycles. The largest absolute Gasteiger partial charge is 0.489 e. The minimum Gasteiger partial charge on any atom is -0.489 e. The van der Waals surface area contributed by atoms with E-state index in [-0.39, 0.29) is 12.6 Å². The smallest absolute Gasteiger partial charge is 0.124 e. The lowest BCUT2D eigenvalue weighted by molar-refractivity contribution is 0.243. The van der Waals surface area contributed by atoms with Gasteiger partial charge in [0.05, 0.1) is 12.6 Å². The Morgan fingerprint density at radius 3 is 2.52 bits per heavy atom. The van der Waals surface area contributed by atoms with E-state index < -0.39 is 0 Å². The third-order valence-corrected chi connectivity index (χ3v) is 3.25. The average molecular weight is 283 g/mol. The molecule has 3 nitrogen and oxygen atoms in total. The second kappa shape index (κ2) is 8.25. The van der Waals surface area contributed by atoms with Gasteiger partial charge in [0.1, 0.15) is 12.4 Å². The van der Waals surface area contributed by atoms with Gasteiger partial charge in [0, 0.05) is 12.1 Å². The van der Waals surface area contributed by atoms with Crippen molar-refractivity contribution in [2.24, 2.45) is 0 Å². The van der Waals surface area contributed by atoms with Crippen LogP contribution in [0.25, 0.3) is 0 Å². The van der Waals surface area contributed by atoms with Crippen molar-refractivity contribution in [1.29, 1.82) is 0 Å². The van der Waals surface area contributed by atoms with Gasteiger partial charge in [-0.2, -0.15) is 0 Å². The van der Waals surface area contributed by atoms with Gasteiger partial charge in [-0.3, -0.25) is 0 Å². The molecule has 0 saturated carbocycles. The average Bonchev–Trinajstić information content (AvgIpc) is 2.55. The van der Waals surface area contributed by atoms with Crippen LogP contribution >= 0.6 is 0 Å². The molecule has 0 heterocycles. The molecular formula is C18H21NO2. The molecule has 0 saturated heterocycles. The molecule has 2 aromatic rings. The molecule has 0 spiro atoms. The van der Waals surface area contributed by atoms with Crippen LogP contribution in [0.4, 0.5) is 0 Å². The third kappa shape index (κ3) is 4.45. The van der Waals surface area contributed by atoms with Gasteiger partial charge in [0.15, 0.2) is 0 Å². The Morgan fingerprint density at radius 1 is 1.10 bits per heavy atom. The SMILES string of the molecule is C=CCOc1ccccc1CN[C@H](CO)c1ccccc1. The molecule has 0 radical (unpaired) electrons. The van der Waals surface area contributed by atoms with Gasteiger partial charge in [-0.25, -0.2) is 0 Å². The highest BCUT2D eigenvalue weighted by atomic mass is 16.5. The molecule has 0 aliphatic rings. The van der Waals surface area contributed by atoms with Crippen molar-refractivity contribution >= 4 is 0 Å². The van der Waals surface area contributed by atoms with Gasteiger partial charge >= 0.3 is 0 Å². The normalized spacial score (nSPS) is 11.9. The van der Waals surface area contributed by atoms with E-state index in [0.717, 1.165) is 16.9 Å². The summed E-state index contributed by atoms with van der Waals surface area (Å²) in [5.74, 6) is 0.842. The summed E-state index contributed by atoms with van der Waals surface area (Å²) in [7, 11) is 0. The Bertz CT molecular complexity index is 554. The molecule has 0 aliphatic heterocycles. The van der Waals surface area contributed by atoms with Crippen molar-refractivity contribution in [2.75, 3.05) is 13.2 Å². The Kier molecular flexibility index (Phi) is 6.00. The molecule has 0 bridgehead atoms. The molecule has 0 unspecified atom stereocenters. The van der Waals surface area contributed by atoms with E-state index >= 15 is 0 Å². The highest BCUT2D eigenvalue weighted by Gasteiger charge is 2.10. The van der Waals surface area contributed by atoms with Gasteiger partial charge < -0.3 is 15.2 Å². The summed E-state index contributed by atoms with van der Waals surface area (Å²) in [6.45, 7) is 4.83. The fourth-order valence-corrected chi connectivity index (χ4v) is 2.15. The van der Waals surface area contributed by atoms with E-state index in [4.69, 9.17) is 4.74 Å². The minimum absolute atomic E-state index is 0.0553. The molecule has 21 heavy (non-hydrogen) atoms.